The Hall–Kier alpha value is -5.86. The highest BCUT2D eigenvalue weighted by atomic mass is 14.6. The molecule has 0 fully saturated rings. The number of hydrogen-bond donors (Lipinski definition) is 0. The van der Waals surface area contributed by atoms with Crippen molar-refractivity contribution in [1.29, 1.82) is 0 Å². The highest BCUT2D eigenvalue weighted by molar-refractivity contribution is 5.98. The third kappa shape index (κ3) is 4.48. The topological polar surface area (TPSA) is 25.8 Å². The molecule has 9 rings (SSSR count). The lowest BCUT2D eigenvalue weighted by Gasteiger charge is -2.22. The summed E-state index contributed by atoms with van der Waals surface area (Å²) in [5.41, 5.74) is 14.5. The van der Waals surface area contributed by atoms with E-state index < -0.39 is 0 Å². The summed E-state index contributed by atoms with van der Waals surface area (Å²) < 4.78 is 0. The number of fused-ring (bicyclic) bond motifs is 5. The van der Waals surface area contributed by atoms with E-state index in [1.54, 1.807) is 0 Å². The van der Waals surface area contributed by atoms with Crippen LogP contribution >= 0.6 is 0 Å². The van der Waals surface area contributed by atoms with Gasteiger partial charge in [-0.25, -0.2) is 0 Å². The van der Waals surface area contributed by atoms with E-state index in [-0.39, 0.29) is 5.41 Å². The second kappa shape index (κ2) is 10.6. The number of benzene rings is 6. The van der Waals surface area contributed by atoms with Crippen molar-refractivity contribution < 1.29 is 0 Å². The fraction of sp³-hybridized carbons (Fsp3) is 0.0667. The summed E-state index contributed by atoms with van der Waals surface area (Å²) in [6.45, 7) is 4.70. The van der Waals surface area contributed by atoms with E-state index in [9.17, 15) is 0 Å². The first-order valence-corrected chi connectivity index (χ1v) is 16.2. The van der Waals surface area contributed by atoms with Crippen LogP contribution in [0.25, 0.3) is 77.2 Å². The Morgan fingerprint density at radius 2 is 0.787 bits per heavy atom. The maximum atomic E-state index is 4.70. The maximum absolute atomic E-state index is 4.70. The van der Waals surface area contributed by atoms with E-state index in [0.29, 0.717) is 0 Å². The molecule has 0 N–H and O–H groups in total. The first-order chi connectivity index (χ1) is 23.0. The summed E-state index contributed by atoms with van der Waals surface area (Å²) in [7, 11) is 0. The summed E-state index contributed by atoms with van der Waals surface area (Å²) in [5, 5.41) is 4.96. The summed E-state index contributed by atoms with van der Waals surface area (Å²) in [4.78, 5) is 9.40. The molecule has 222 valence electrons. The van der Waals surface area contributed by atoms with Gasteiger partial charge in [0, 0.05) is 52.5 Å². The van der Waals surface area contributed by atoms with Gasteiger partial charge in [-0.05, 0) is 90.3 Å². The number of pyridine rings is 2. The van der Waals surface area contributed by atoms with Gasteiger partial charge in [0.05, 0.1) is 0 Å². The number of rotatable bonds is 4. The van der Waals surface area contributed by atoms with Crippen molar-refractivity contribution in [2.75, 3.05) is 0 Å². The number of aromatic nitrogens is 2. The third-order valence-electron chi connectivity index (χ3n) is 10.0. The summed E-state index contributed by atoms with van der Waals surface area (Å²) in [6, 6.07) is 48.5. The van der Waals surface area contributed by atoms with Crippen molar-refractivity contribution in [2.24, 2.45) is 0 Å². The van der Waals surface area contributed by atoms with Crippen molar-refractivity contribution in [1.82, 2.24) is 9.97 Å². The van der Waals surface area contributed by atoms with Crippen LogP contribution in [-0.2, 0) is 5.41 Å². The SMILES string of the molecule is CC1(C)c2cc(-c3cncc(-c4cccc5ccccc45)c3)ccc2-c2ccc(-c3cncc(-c4cccc5ccccc45)c3)cc21. The van der Waals surface area contributed by atoms with Gasteiger partial charge < -0.3 is 0 Å². The number of hydrogen-bond acceptors (Lipinski definition) is 2. The minimum Gasteiger partial charge on any atom is -0.263 e. The van der Waals surface area contributed by atoms with Crippen LogP contribution in [0.4, 0.5) is 0 Å². The summed E-state index contributed by atoms with van der Waals surface area (Å²) in [5.74, 6) is 0. The van der Waals surface area contributed by atoms with Gasteiger partial charge in [0.25, 0.3) is 0 Å². The molecule has 0 bridgehead atoms. The van der Waals surface area contributed by atoms with Crippen molar-refractivity contribution in [3.63, 3.8) is 0 Å². The van der Waals surface area contributed by atoms with Crippen LogP contribution in [0.5, 0.6) is 0 Å². The van der Waals surface area contributed by atoms with E-state index in [1.165, 1.54) is 66.1 Å². The molecule has 0 saturated heterocycles. The molecule has 2 nitrogen and oxygen atoms in total. The molecule has 0 unspecified atom stereocenters. The van der Waals surface area contributed by atoms with Crippen molar-refractivity contribution in [2.45, 2.75) is 19.3 Å². The minimum absolute atomic E-state index is 0.155. The Bertz CT molecular complexity index is 2320. The Kier molecular flexibility index (Phi) is 6.20. The highest BCUT2D eigenvalue weighted by Crippen LogP contribution is 2.51. The quantitative estimate of drug-likeness (QED) is 0.201. The lowest BCUT2D eigenvalue weighted by Crippen LogP contribution is -2.15. The molecule has 0 saturated carbocycles. The number of nitrogens with zero attached hydrogens (tertiary/aromatic N) is 2. The Balaban J connectivity index is 1.08. The molecule has 0 atom stereocenters. The standard InChI is InChI=1S/C45H32N2/c1-45(2)43-23-31(33-21-35(27-46-25-33)39-15-7-11-29-9-3-5-13-37(29)39)17-19-41(43)42-20-18-32(24-44(42)45)34-22-36(28-47-26-34)40-16-8-12-30-10-4-6-14-38(30)40/h3-28H,1-2H3. The molecular weight excluding hydrogens is 569 g/mol. The van der Waals surface area contributed by atoms with E-state index in [4.69, 9.17) is 9.97 Å². The smallest absolute Gasteiger partial charge is 0.0347 e. The van der Waals surface area contributed by atoms with Crippen LogP contribution in [0.3, 0.4) is 0 Å². The largest absolute Gasteiger partial charge is 0.263 e. The Labute approximate surface area is 275 Å². The second-order valence-electron chi connectivity index (χ2n) is 13.1. The zero-order valence-electron chi connectivity index (χ0n) is 26.4. The van der Waals surface area contributed by atoms with Crippen LogP contribution in [0.1, 0.15) is 25.0 Å². The molecule has 2 heteroatoms. The molecule has 1 aliphatic carbocycles. The fourth-order valence-electron chi connectivity index (χ4n) is 7.54. The summed E-state index contributed by atoms with van der Waals surface area (Å²) in [6.07, 6.45) is 7.92. The molecule has 2 heterocycles. The molecule has 2 aromatic heterocycles. The van der Waals surface area contributed by atoms with Crippen LogP contribution in [-0.4, -0.2) is 9.97 Å². The lowest BCUT2D eigenvalue weighted by atomic mass is 9.81. The van der Waals surface area contributed by atoms with Crippen LogP contribution < -0.4 is 0 Å². The van der Waals surface area contributed by atoms with Crippen LogP contribution in [0, 0.1) is 0 Å². The van der Waals surface area contributed by atoms with Crippen molar-refractivity contribution >= 4 is 21.5 Å². The third-order valence-corrected chi connectivity index (χ3v) is 10.0. The average Bonchev–Trinajstić information content (AvgIpc) is 3.36. The highest BCUT2D eigenvalue weighted by Gasteiger charge is 2.36. The molecule has 0 spiro atoms. The minimum atomic E-state index is -0.155. The second-order valence-corrected chi connectivity index (χ2v) is 13.1. The Morgan fingerprint density at radius 3 is 1.28 bits per heavy atom. The van der Waals surface area contributed by atoms with Gasteiger partial charge in [0.15, 0.2) is 0 Å². The first-order valence-electron chi connectivity index (χ1n) is 16.2. The lowest BCUT2D eigenvalue weighted by molar-refractivity contribution is 0.661. The van der Waals surface area contributed by atoms with Gasteiger partial charge in [-0.3, -0.25) is 9.97 Å². The van der Waals surface area contributed by atoms with Crippen molar-refractivity contribution in [3.8, 4) is 55.6 Å². The molecule has 47 heavy (non-hydrogen) atoms. The van der Waals surface area contributed by atoms with Crippen LogP contribution in [0.15, 0.2) is 158 Å². The average molecular weight is 601 g/mol. The van der Waals surface area contributed by atoms with Crippen LogP contribution in [0.2, 0.25) is 0 Å². The molecule has 0 radical (unpaired) electrons. The molecule has 1 aliphatic rings. The van der Waals surface area contributed by atoms with Gasteiger partial charge in [-0.15, -0.1) is 0 Å². The molecule has 6 aromatic carbocycles. The Morgan fingerprint density at radius 1 is 0.362 bits per heavy atom. The molecule has 8 aromatic rings. The molecule has 0 aliphatic heterocycles. The van der Waals surface area contributed by atoms with E-state index >= 15 is 0 Å². The maximum Gasteiger partial charge on any atom is 0.0347 e. The monoisotopic (exact) mass is 600 g/mol. The van der Waals surface area contributed by atoms with Gasteiger partial charge >= 0.3 is 0 Å². The van der Waals surface area contributed by atoms with Gasteiger partial charge in [-0.1, -0.05) is 123 Å². The normalized spacial score (nSPS) is 13.1. The van der Waals surface area contributed by atoms with E-state index in [1.807, 2.05) is 24.8 Å². The predicted molar refractivity (Wildman–Crippen MR) is 196 cm³/mol. The molecule has 0 amide bonds. The van der Waals surface area contributed by atoms with Gasteiger partial charge in [0.2, 0.25) is 0 Å². The molecular formula is C45H32N2. The zero-order chi connectivity index (χ0) is 31.5. The van der Waals surface area contributed by atoms with Crippen molar-refractivity contribution in [3.05, 3.63) is 169 Å². The first kappa shape index (κ1) is 27.5. The van der Waals surface area contributed by atoms with E-state index in [2.05, 4.69) is 147 Å². The van der Waals surface area contributed by atoms with Gasteiger partial charge in [-0.2, -0.15) is 0 Å². The van der Waals surface area contributed by atoms with Gasteiger partial charge in [0.1, 0.15) is 0 Å². The predicted octanol–water partition coefficient (Wildman–Crippen LogP) is 11.8. The fourth-order valence-corrected chi connectivity index (χ4v) is 7.54. The van der Waals surface area contributed by atoms with E-state index in [0.717, 1.165) is 22.3 Å². The summed E-state index contributed by atoms with van der Waals surface area (Å²) >= 11 is 0. The zero-order valence-corrected chi connectivity index (χ0v) is 26.4.